The number of phosphoric ester groups is 1. The third-order valence-electron chi connectivity index (χ3n) is 18.9. The van der Waals surface area contributed by atoms with Gasteiger partial charge in [0.1, 0.15) is 77.8 Å². The molecular weight excluding hydrogens is 1820 g/mol. The van der Waals surface area contributed by atoms with Crippen molar-refractivity contribution in [2.24, 2.45) is 5.92 Å². The van der Waals surface area contributed by atoms with Crippen molar-refractivity contribution in [2.75, 3.05) is 40.6 Å². The predicted molar refractivity (Wildman–Crippen MR) is 487 cm³/mol. The summed E-state index contributed by atoms with van der Waals surface area (Å²) in [5.41, 5.74) is 1.38. The number of ketones is 5. The molecule has 0 aliphatic carbocycles. The highest BCUT2D eigenvalue weighted by Gasteiger charge is 2.51. The Labute approximate surface area is 783 Å². The minimum absolute atomic E-state index is 0.0536. The number of hydroxylamine groups is 2. The van der Waals surface area contributed by atoms with Gasteiger partial charge in [0.2, 0.25) is 5.91 Å². The highest BCUT2D eigenvalue weighted by atomic mass is 35.5. The number of alkyl halides is 10. The van der Waals surface area contributed by atoms with Gasteiger partial charge in [-0.1, -0.05) is 215 Å². The van der Waals surface area contributed by atoms with Gasteiger partial charge in [-0.15, -0.1) is 0 Å². The van der Waals surface area contributed by atoms with Gasteiger partial charge in [-0.2, -0.15) is 26.3 Å². The number of benzene rings is 6. The zero-order valence-corrected chi connectivity index (χ0v) is 80.1. The summed E-state index contributed by atoms with van der Waals surface area (Å²) in [5, 5.41) is 12.7. The lowest BCUT2D eigenvalue weighted by Gasteiger charge is -2.35. The Morgan fingerprint density at radius 2 is 0.870 bits per heavy atom. The molecule has 26 nitrogen and oxygen atoms in total. The van der Waals surface area contributed by atoms with E-state index in [4.69, 9.17) is 52.9 Å². The van der Waals surface area contributed by atoms with E-state index in [0.29, 0.717) is 48.9 Å². The molecule has 4 atom stereocenters. The largest absolute Gasteiger partial charge is 0.489 e. The number of allylic oxidation sites excluding steroid dienone is 2. The van der Waals surface area contributed by atoms with Crippen LogP contribution in [0.3, 0.4) is 0 Å². The molecule has 2 saturated heterocycles. The number of hydrogen-bond donors (Lipinski definition) is 4. The molecule has 8 rings (SSSR count). The van der Waals surface area contributed by atoms with Crippen LogP contribution in [0.4, 0.5) is 35.9 Å². The summed E-state index contributed by atoms with van der Waals surface area (Å²) >= 11 is 18.4. The van der Waals surface area contributed by atoms with Gasteiger partial charge in [0.15, 0.2) is 27.0 Å². The van der Waals surface area contributed by atoms with Gasteiger partial charge < -0.3 is 53.4 Å². The maximum absolute atomic E-state index is 13.1. The molecule has 2 aliphatic rings. The zero-order valence-electron chi connectivity index (χ0n) is 76.2. The summed E-state index contributed by atoms with van der Waals surface area (Å²) in [4.78, 5) is 129. The van der Waals surface area contributed by atoms with Crippen LogP contribution in [0.25, 0.3) is 0 Å². The number of ether oxygens (including phenoxy) is 7. The number of nitrogens with one attached hydrogen (secondary N) is 1. The average Bonchev–Trinajstić information content (AvgIpc) is 1.64. The van der Waals surface area contributed by atoms with Crippen LogP contribution in [0, 0.1) is 5.92 Å². The first-order chi connectivity index (χ1) is 61.3. The molecular formula is C94H123Cl4F6N4O22P. The lowest BCUT2D eigenvalue weighted by molar-refractivity contribution is -0.174. The summed E-state index contributed by atoms with van der Waals surface area (Å²) in [5.74, 6) is -4.13. The number of nitrogens with zero attached hydrogens (tertiary/aromatic N) is 3. The van der Waals surface area contributed by atoms with Gasteiger partial charge in [-0.3, -0.25) is 52.7 Å². The molecule has 0 radical (unpaired) electrons. The van der Waals surface area contributed by atoms with E-state index in [0.717, 1.165) is 59.6 Å². The topological polar surface area (TPSA) is 336 Å². The summed E-state index contributed by atoms with van der Waals surface area (Å²) in [6.07, 6.45) is 8.82. The molecule has 2 fully saturated rings. The first-order valence-electron chi connectivity index (χ1n) is 42.4. The summed E-state index contributed by atoms with van der Waals surface area (Å²) in [6, 6.07) is 47.1. The molecule has 0 spiro atoms. The number of hydrogen-bond acceptors (Lipinski definition) is 20. The molecule has 131 heavy (non-hydrogen) atoms. The summed E-state index contributed by atoms with van der Waals surface area (Å²) < 4.78 is 122. The highest BCUT2D eigenvalue weighted by Crippen LogP contribution is 2.37. The number of aliphatic hydroxyl groups is 1. The molecule has 37 heteroatoms. The van der Waals surface area contributed by atoms with Gasteiger partial charge in [0.05, 0.1) is 33.5 Å². The maximum Gasteiger partial charge on any atom is 0.469 e. The van der Waals surface area contributed by atoms with E-state index in [-0.39, 0.29) is 61.1 Å². The second-order valence-corrected chi connectivity index (χ2v) is 36.3. The van der Waals surface area contributed by atoms with Crippen LogP contribution >= 0.6 is 54.2 Å². The Morgan fingerprint density at radius 1 is 0.527 bits per heavy atom. The maximum atomic E-state index is 13.1. The highest BCUT2D eigenvalue weighted by molar-refractivity contribution is 7.46. The van der Waals surface area contributed by atoms with Crippen molar-refractivity contribution >= 4 is 107 Å². The third kappa shape index (κ3) is 46.0. The van der Waals surface area contributed by atoms with E-state index in [9.17, 15) is 74.1 Å². The number of likely N-dealkylation sites (N-methyl/N-ethyl adjacent to an activating group) is 1. The molecule has 0 bridgehead atoms. The second kappa shape index (κ2) is 57.5. The SMILES string of the molecule is CC(C)(C)OC(=O)N1[C@@H](C(=O)c2ccc(OCc3ccccc3)cc2)COC1(C)C.CCCCCCCC/C=C\CCCCCCCC(=O)N[C@H](COP(=O)(O)O)C(=O)c1ccc(OCc2ccccc2)cc1.CON(C)C(=O)[C@H]1COC(C)(C)N1C(=O)OC(C)(C)C.C[C@H](CO)C(=O)c1ccc(OCc2ccccc2)cc1.O=C(C(Cl)Cl)C(F)(F)F.O=C(C(Cl)Cl)C(F)(F)F. The van der Waals surface area contributed by atoms with Gasteiger partial charge in [-0.25, -0.2) is 19.2 Å². The van der Waals surface area contributed by atoms with Crippen molar-refractivity contribution in [3.63, 3.8) is 0 Å². The fourth-order valence-corrected chi connectivity index (χ4v) is 12.8. The number of phosphoric acid groups is 1. The Hall–Kier alpha value is -9.02. The molecule has 2 aliphatic heterocycles. The van der Waals surface area contributed by atoms with Crippen molar-refractivity contribution in [2.45, 2.75) is 256 Å². The van der Waals surface area contributed by atoms with Crippen molar-refractivity contribution in [3.8, 4) is 17.2 Å². The van der Waals surface area contributed by atoms with Crippen LogP contribution in [0.1, 0.15) is 221 Å². The fraction of sp³-hybridized carbons (Fsp3) is 0.500. The van der Waals surface area contributed by atoms with Crippen molar-refractivity contribution < 1.29 is 131 Å². The van der Waals surface area contributed by atoms with Gasteiger partial charge in [-0.05, 0) is 191 Å². The monoisotopic (exact) mass is 1940 g/mol. The number of carbonyl (C=O) groups excluding carboxylic acids is 9. The van der Waals surface area contributed by atoms with Crippen LogP contribution in [0.2, 0.25) is 0 Å². The summed E-state index contributed by atoms with van der Waals surface area (Å²) in [7, 11) is -1.95. The number of unbranched alkanes of at least 4 members (excludes halogenated alkanes) is 11. The number of Topliss-reactive ketones (excluding diaryl/α,β-unsaturated/α-hetero) is 5. The van der Waals surface area contributed by atoms with E-state index in [1.807, 2.05) is 91.0 Å². The lowest BCUT2D eigenvalue weighted by Crippen LogP contribution is -2.54. The quantitative estimate of drug-likeness (QED) is 0.00530. The third-order valence-corrected chi connectivity index (χ3v) is 20.2. The normalized spacial score (nSPS) is 15.0. The van der Waals surface area contributed by atoms with Gasteiger partial charge in [0.25, 0.3) is 17.5 Å². The molecule has 6 aromatic carbocycles. The molecule has 2 heterocycles. The van der Waals surface area contributed by atoms with Gasteiger partial charge in [0, 0.05) is 36.1 Å². The van der Waals surface area contributed by atoms with Crippen LogP contribution < -0.4 is 19.5 Å². The molecule has 6 aromatic rings. The van der Waals surface area contributed by atoms with Crippen LogP contribution in [-0.4, -0.2) is 186 Å². The van der Waals surface area contributed by atoms with E-state index in [2.05, 4.69) is 75.3 Å². The predicted octanol–water partition coefficient (Wildman–Crippen LogP) is 21.2. The fourth-order valence-electron chi connectivity index (χ4n) is 12.0. The standard InChI is InChI=1S/C34H50NO7P.C24H29NO5.C17H18O3.C13H24N2O5.2C3HCl2F3O/c1-2-3-4-5-6-7-8-9-10-11-12-13-14-15-19-22-33(36)35-32(28-42-43(38,39)40)34(37)30-23-25-31(26-24-30)41-27-29-20-17-16-18-21-29;1-23(2,3)30-22(27)25-20(16-29-24(25,4)5)21(26)18-11-13-19(14-12-18)28-15-17-9-7-6-8-10-17;1-13(11-18)17(19)15-7-9-16(10-8-15)20-12-14-5-3-2-4-6-14;1-12(2,3)20-11(17)15-9(8-19-13(15,4)5)10(16)14(6)18-7;2*4-2(5)1(9)3(6,7)8/h9-10,16-18,20-21,23-26,32H,2-8,11-15,19,22,27-28H2,1H3,(H,35,36)(H2,38,39,40);6-14,20H,15-16H2,1-5H3;2-10,13,18H,11-12H2,1H3;9H,8H2,1-7H3;2*2H/b10-9-;;;;;/t32-;20-;13-;9-;;/m1111../s1. The average molecular weight is 1950 g/mol. The second-order valence-electron chi connectivity index (χ2n) is 32.9. The van der Waals surface area contributed by atoms with Crippen LogP contribution in [-0.2, 0) is 71.9 Å². The number of halogens is 10. The first kappa shape index (κ1) is 116. The Bertz CT molecular complexity index is 4500. The zero-order chi connectivity index (χ0) is 98.5. The van der Waals surface area contributed by atoms with E-state index < -0.39 is 107 Å². The minimum atomic E-state index is -4.92. The molecule has 0 unspecified atom stereocenters. The Balaban J connectivity index is 0.000000438. The Morgan fingerprint density at radius 3 is 1.21 bits per heavy atom. The van der Waals surface area contributed by atoms with E-state index >= 15 is 0 Å². The van der Waals surface area contributed by atoms with Crippen molar-refractivity contribution in [1.29, 1.82) is 0 Å². The molecule has 0 saturated carbocycles. The minimum Gasteiger partial charge on any atom is -0.489 e. The lowest BCUT2D eigenvalue weighted by atomic mass is 10.0. The summed E-state index contributed by atoms with van der Waals surface area (Å²) in [6.45, 7) is 22.4. The number of aliphatic hydroxyl groups excluding tert-OH is 1. The number of amides is 4. The van der Waals surface area contributed by atoms with E-state index in [1.165, 1.54) is 68.9 Å². The van der Waals surface area contributed by atoms with Crippen LogP contribution in [0.5, 0.6) is 17.2 Å². The molecule has 4 N–H and O–H groups in total. The van der Waals surface area contributed by atoms with Crippen LogP contribution in [0.15, 0.2) is 176 Å². The van der Waals surface area contributed by atoms with E-state index in [1.54, 1.807) is 149 Å². The first-order valence-corrected chi connectivity index (χ1v) is 45.6. The van der Waals surface area contributed by atoms with Crippen molar-refractivity contribution in [1.82, 2.24) is 20.2 Å². The smallest absolute Gasteiger partial charge is 0.469 e. The van der Waals surface area contributed by atoms with Gasteiger partial charge >= 0.3 is 32.4 Å². The number of carbonyl (C=O) groups is 9. The number of rotatable bonds is 39. The van der Waals surface area contributed by atoms with Crippen molar-refractivity contribution in [3.05, 3.63) is 209 Å². The Kier molecular flexibility index (Phi) is 51.0. The molecule has 4 amide bonds. The molecule has 726 valence electrons. The molecule has 0 aromatic heterocycles.